The first-order valence-corrected chi connectivity index (χ1v) is 14.1. The zero-order chi connectivity index (χ0) is 28.0. The molecule has 3 aromatic heterocycles. The molecule has 11 nitrogen and oxygen atoms in total. The van der Waals surface area contributed by atoms with E-state index in [4.69, 9.17) is 24.2 Å². The van der Waals surface area contributed by atoms with Crippen LogP contribution in [0.2, 0.25) is 0 Å². The molecular formula is C27H36N6O5S. The summed E-state index contributed by atoms with van der Waals surface area (Å²) >= 11 is 1.45. The van der Waals surface area contributed by atoms with E-state index in [0.29, 0.717) is 80.9 Å². The average molecular weight is 557 g/mol. The van der Waals surface area contributed by atoms with E-state index in [1.165, 1.54) is 11.3 Å². The molecule has 1 saturated heterocycles. The maximum Gasteiger partial charge on any atom is 0.415 e. The van der Waals surface area contributed by atoms with E-state index in [9.17, 15) is 9.59 Å². The van der Waals surface area contributed by atoms with Crippen LogP contribution in [0.3, 0.4) is 0 Å². The molecule has 0 unspecified atom stereocenters. The molecule has 0 bridgehead atoms. The van der Waals surface area contributed by atoms with Gasteiger partial charge in [0.1, 0.15) is 16.4 Å². The molecule has 0 aliphatic carbocycles. The number of rotatable bonds is 9. The van der Waals surface area contributed by atoms with Crippen LogP contribution in [0.4, 0.5) is 15.6 Å². The maximum absolute atomic E-state index is 13.3. The van der Waals surface area contributed by atoms with Crippen molar-refractivity contribution in [1.29, 1.82) is 0 Å². The van der Waals surface area contributed by atoms with Crippen molar-refractivity contribution in [2.24, 2.45) is 0 Å². The van der Waals surface area contributed by atoms with E-state index in [2.05, 4.69) is 14.9 Å². The highest BCUT2D eigenvalue weighted by Gasteiger charge is 2.27. The van der Waals surface area contributed by atoms with Gasteiger partial charge < -0.3 is 19.1 Å². The zero-order valence-corrected chi connectivity index (χ0v) is 24.0. The van der Waals surface area contributed by atoms with Crippen LogP contribution < -0.4 is 9.80 Å². The maximum atomic E-state index is 13.3. The Morgan fingerprint density at radius 3 is 2.51 bits per heavy atom. The van der Waals surface area contributed by atoms with Crippen LogP contribution in [0.15, 0.2) is 18.5 Å². The number of hydrogen-bond donors (Lipinski definition) is 0. The Labute approximate surface area is 232 Å². The highest BCUT2D eigenvalue weighted by atomic mass is 32.1. The number of aryl methyl sites for hydroxylation is 1. The molecule has 210 valence electrons. The second-order valence-electron chi connectivity index (χ2n) is 10.2. The van der Waals surface area contributed by atoms with Gasteiger partial charge in [-0.05, 0) is 53.5 Å². The van der Waals surface area contributed by atoms with Crippen molar-refractivity contribution in [3.8, 4) is 11.4 Å². The van der Waals surface area contributed by atoms with Gasteiger partial charge in [0.25, 0.3) is 0 Å². The summed E-state index contributed by atoms with van der Waals surface area (Å²) < 4.78 is 17.2. The number of anilines is 2. The van der Waals surface area contributed by atoms with E-state index in [0.717, 1.165) is 16.0 Å². The van der Waals surface area contributed by atoms with Crippen LogP contribution in [0.25, 0.3) is 21.6 Å². The summed E-state index contributed by atoms with van der Waals surface area (Å²) in [5, 5.41) is 0.705. The molecular weight excluding hydrogens is 520 g/mol. The van der Waals surface area contributed by atoms with Crippen LogP contribution >= 0.6 is 11.3 Å². The Hall–Kier alpha value is -3.38. The number of morpholine rings is 1. The molecule has 0 saturated carbocycles. The van der Waals surface area contributed by atoms with E-state index in [-0.39, 0.29) is 5.97 Å². The standard InChI is InChI=1S/C27H36N6O5S/c1-6-37-22(34)9-7-8-10-33(26(35)38-27(3,4)5)21-15-20-23(39-21)25(32-11-13-36-14-12-32)31-24(30-20)19-16-28-18(2)29-17-19/h15-17H,6-14H2,1-5H3. The lowest BCUT2D eigenvalue weighted by Gasteiger charge is -2.28. The largest absolute Gasteiger partial charge is 0.466 e. The molecule has 1 fully saturated rings. The number of unbranched alkanes of at least 4 members (excludes halogenated alkanes) is 1. The predicted molar refractivity (Wildman–Crippen MR) is 150 cm³/mol. The molecule has 1 aliphatic rings. The van der Waals surface area contributed by atoms with Gasteiger partial charge in [0.05, 0.1) is 35.6 Å². The van der Waals surface area contributed by atoms with Crippen LogP contribution in [-0.2, 0) is 19.0 Å². The topological polar surface area (TPSA) is 120 Å². The first-order valence-electron chi connectivity index (χ1n) is 13.2. The zero-order valence-electron chi connectivity index (χ0n) is 23.2. The quantitative estimate of drug-likeness (QED) is 0.269. The third-order valence-corrected chi connectivity index (χ3v) is 7.03. The van der Waals surface area contributed by atoms with Crippen molar-refractivity contribution in [2.75, 3.05) is 49.3 Å². The lowest BCUT2D eigenvalue weighted by atomic mass is 10.2. The molecule has 12 heteroatoms. The highest BCUT2D eigenvalue weighted by molar-refractivity contribution is 7.23. The molecule has 1 aliphatic heterocycles. The predicted octanol–water partition coefficient (Wildman–Crippen LogP) is 4.77. The number of thiophene rings is 1. The van der Waals surface area contributed by atoms with Crippen LogP contribution in [-0.4, -0.2) is 77.1 Å². The van der Waals surface area contributed by atoms with Gasteiger partial charge in [0.15, 0.2) is 11.6 Å². The number of hydrogen-bond acceptors (Lipinski definition) is 11. The highest BCUT2D eigenvalue weighted by Crippen LogP contribution is 2.39. The second kappa shape index (κ2) is 12.6. The van der Waals surface area contributed by atoms with Gasteiger partial charge in [-0.25, -0.2) is 24.7 Å². The Morgan fingerprint density at radius 2 is 1.85 bits per heavy atom. The lowest BCUT2D eigenvalue weighted by molar-refractivity contribution is -0.143. The molecule has 0 N–H and O–H groups in total. The average Bonchev–Trinajstić information content (AvgIpc) is 3.32. The van der Waals surface area contributed by atoms with Gasteiger partial charge in [0, 0.05) is 38.4 Å². The second-order valence-corrected chi connectivity index (χ2v) is 11.2. The summed E-state index contributed by atoms with van der Waals surface area (Å²) in [5.41, 5.74) is 0.781. The molecule has 4 rings (SSSR count). The van der Waals surface area contributed by atoms with Crippen LogP contribution in [0.5, 0.6) is 0 Å². The molecule has 1 amide bonds. The summed E-state index contributed by atoms with van der Waals surface area (Å²) in [7, 11) is 0. The monoisotopic (exact) mass is 556 g/mol. The number of aromatic nitrogens is 4. The van der Waals surface area contributed by atoms with Crippen molar-refractivity contribution in [2.45, 2.75) is 59.5 Å². The third kappa shape index (κ3) is 7.60. The van der Waals surface area contributed by atoms with Gasteiger partial charge in [-0.2, -0.15) is 0 Å². The summed E-state index contributed by atoms with van der Waals surface area (Å²) in [6.07, 6.45) is 4.50. The van der Waals surface area contributed by atoms with Crippen molar-refractivity contribution in [3.05, 3.63) is 24.3 Å². The number of ether oxygens (including phenoxy) is 3. The minimum Gasteiger partial charge on any atom is -0.466 e. The Kier molecular flexibility index (Phi) is 9.28. The van der Waals surface area contributed by atoms with Gasteiger partial charge in [-0.1, -0.05) is 0 Å². The number of carbonyl (C=O) groups excluding carboxylic acids is 2. The van der Waals surface area contributed by atoms with Crippen LogP contribution in [0.1, 0.15) is 52.8 Å². The van der Waals surface area contributed by atoms with Crippen molar-refractivity contribution in [1.82, 2.24) is 19.9 Å². The minimum atomic E-state index is -0.658. The first kappa shape index (κ1) is 28.6. The fourth-order valence-corrected chi connectivity index (χ4v) is 5.17. The van der Waals surface area contributed by atoms with E-state index in [1.807, 2.05) is 33.8 Å². The molecule has 4 heterocycles. The van der Waals surface area contributed by atoms with Gasteiger partial charge in [-0.15, -0.1) is 11.3 Å². The Balaban J connectivity index is 1.70. The summed E-state index contributed by atoms with van der Waals surface area (Å²) in [4.78, 5) is 47.3. The number of fused-ring (bicyclic) bond motifs is 1. The Bertz CT molecular complexity index is 1280. The van der Waals surface area contributed by atoms with Crippen molar-refractivity contribution >= 4 is 44.4 Å². The van der Waals surface area contributed by atoms with Crippen molar-refractivity contribution < 1.29 is 23.8 Å². The molecule has 0 spiro atoms. The first-order chi connectivity index (χ1) is 18.6. The van der Waals surface area contributed by atoms with E-state index >= 15 is 0 Å². The van der Waals surface area contributed by atoms with E-state index in [1.54, 1.807) is 24.2 Å². The summed E-state index contributed by atoms with van der Waals surface area (Å²) in [6, 6.07) is 1.90. The Morgan fingerprint density at radius 1 is 1.13 bits per heavy atom. The van der Waals surface area contributed by atoms with Gasteiger partial charge in [-0.3, -0.25) is 9.69 Å². The normalized spacial score (nSPS) is 13.9. The molecule has 0 atom stereocenters. The summed E-state index contributed by atoms with van der Waals surface area (Å²) in [6.45, 7) is 12.5. The molecule has 3 aromatic rings. The smallest absolute Gasteiger partial charge is 0.415 e. The van der Waals surface area contributed by atoms with Crippen LogP contribution in [0, 0.1) is 6.92 Å². The molecule has 0 radical (unpaired) electrons. The van der Waals surface area contributed by atoms with E-state index < -0.39 is 11.7 Å². The molecule has 39 heavy (non-hydrogen) atoms. The number of esters is 1. The fraction of sp³-hybridized carbons (Fsp3) is 0.556. The number of amides is 1. The minimum absolute atomic E-state index is 0.235. The lowest BCUT2D eigenvalue weighted by Crippen LogP contribution is -2.37. The molecule has 0 aromatic carbocycles. The van der Waals surface area contributed by atoms with Crippen molar-refractivity contribution in [3.63, 3.8) is 0 Å². The summed E-state index contributed by atoms with van der Waals surface area (Å²) in [5.74, 6) is 1.75. The third-order valence-electron chi connectivity index (χ3n) is 5.89. The van der Waals surface area contributed by atoms with Gasteiger partial charge in [0.2, 0.25) is 0 Å². The number of nitrogens with zero attached hydrogens (tertiary/aromatic N) is 6. The fourth-order valence-electron chi connectivity index (χ4n) is 4.04. The SMILES string of the molecule is CCOC(=O)CCCCN(C(=O)OC(C)(C)C)c1cc2nc(-c3cnc(C)nc3)nc(N3CCOCC3)c2s1. The number of carbonyl (C=O) groups is 2. The van der Waals surface area contributed by atoms with Gasteiger partial charge >= 0.3 is 12.1 Å².